The maximum absolute atomic E-state index is 12.7. The van der Waals surface area contributed by atoms with Gasteiger partial charge in [-0.25, -0.2) is 4.79 Å². The average molecular weight is 379 g/mol. The van der Waals surface area contributed by atoms with Gasteiger partial charge in [0.2, 0.25) is 0 Å². The molecule has 1 aliphatic heterocycles. The van der Waals surface area contributed by atoms with Crippen LogP contribution in [0.1, 0.15) is 44.2 Å². The molecular weight excluding hydrogens is 354 g/mol. The number of hydrogen-bond acceptors (Lipinski definition) is 4. The standard InChI is InChI=1S/C23H25NO4/c1-23(2,3)12-20-24(13-21(25)28-20)22(26)27-14-19-17-10-6-4-8-15(17)16-9-5-7-11-18(16)19/h4-11,19-20H,12-14H2,1-3H3. The molecule has 2 aromatic rings. The molecule has 1 unspecified atom stereocenters. The number of nitrogens with zero attached hydrogens (tertiary/aromatic N) is 1. The summed E-state index contributed by atoms with van der Waals surface area (Å²) >= 11 is 0. The van der Waals surface area contributed by atoms with Gasteiger partial charge in [0.25, 0.3) is 0 Å². The number of fused-ring (bicyclic) bond motifs is 3. The third kappa shape index (κ3) is 3.49. The Kier molecular flexibility index (Phi) is 4.61. The van der Waals surface area contributed by atoms with Gasteiger partial charge in [-0.1, -0.05) is 69.3 Å². The minimum atomic E-state index is -0.567. The van der Waals surface area contributed by atoms with Gasteiger partial charge in [0, 0.05) is 12.3 Å². The molecule has 4 rings (SSSR count). The van der Waals surface area contributed by atoms with E-state index in [1.54, 1.807) is 0 Å². The van der Waals surface area contributed by atoms with Crippen molar-refractivity contribution >= 4 is 12.1 Å². The van der Waals surface area contributed by atoms with E-state index >= 15 is 0 Å². The van der Waals surface area contributed by atoms with E-state index in [1.807, 2.05) is 24.3 Å². The fraction of sp³-hybridized carbons (Fsp3) is 0.391. The Labute approximate surface area is 165 Å². The molecule has 1 fully saturated rings. The number of carbonyl (C=O) groups is 2. The molecule has 5 nitrogen and oxygen atoms in total. The van der Waals surface area contributed by atoms with E-state index < -0.39 is 12.3 Å². The zero-order valence-corrected chi connectivity index (χ0v) is 16.5. The number of benzene rings is 2. The van der Waals surface area contributed by atoms with Gasteiger partial charge in [0.05, 0.1) is 0 Å². The van der Waals surface area contributed by atoms with Gasteiger partial charge < -0.3 is 9.47 Å². The van der Waals surface area contributed by atoms with Crippen LogP contribution < -0.4 is 0 Å². The lowest BCUT2D eigenvalue weighted by molar-refractivity contribution is -0.142. The molecule has 1 atom stereocenters. The maximum atomic E-state index is 12.7. The summed E-state index contributed by atoms with van der Waals surface area (Å²) in [5.74, 6) is -0.389. The molecule has 1 aliphatic carbocycles. The number of amides is 1. The highest BCUT2D eigenvalue weighted by Crippen LogP contribution is 2.44. The van der Waals surface area contributed by atoms with Gasteiger partial charge in [-0.15, -0.1) is 0 Å². The lowest BCUT2D eigenvalue weighted by Crippen LogP contribution is -2.39. The number of esters is 1. The van der Waals surface area contributed by atoms with Gasteiger partial charge in [0.1, 0.15) is 13.2 Å². The van der Waals surface area contributed by atoms with Crippen LogP contribution in [0.25, 0.3) is 11.1 Å². The van der Waals surface area contributed by atoms with Crippen molar-refractivity contribution in [3.8, 4) is 11.1 Å². The van der Waals surface area contributed by atoms with E-state index in [1.165, 1.54) is 16.0 Å². The topological polar surface area (TPSA) is 55.8 Å². The van der Waals surface area contributed by atoms with Crippen molar-refractivity contribution in [3.05, 3.63) is 59.7 Å². The molecule has 0 saturated carbocycles. The van der Waals surface area contributed by atoms with Gasteiger partial charge in [-0.05, 0) is 27.7 Å². The Balaban J connectivity index is 1.50. The van der Waals surface area contributed by atoms with Crippen molar-refractivity contribution in [2.45, 2.75) is 39.3 Å². The first-order valence-electron chi connectivity index (χ1n) is 9.64. The van der Waals surface area contributed by atoms with Crippen molar-refractivity contribution < 1.29 is 19.1 Å². The average Bonchev–Trinajstić information content (AvgIpc) is 3.16. The van der Waals surface area contributed by atoms with E-state index in [4.69, 9.17) is 9.47 Å². The summed E-state index contributed by atoms with van der Waals surface area (Å²) in [4.78, 5) is 25.9. The third-order valence-electron chi connectivity index (χ3n) is 5.27. The van der Waals surface area contributed by atoms with E-state index in [0.29, 0.717) is 6.42 Å². The minimum Gasteiger partial charge on any atom is -0.448 e. The van der Waals surface area contributed by atoms with Crippen LogP contribution in [-0.4, -0.2) is 36.3 Å². The molecule has 2 aromatic carbocycles. The van der Waals surface area contributed by atoms with Crippen molar-refractivity contribution in [1.82, 2.24) is 4.90 Å². The molecule has 0 aromatic heterocycles. The van der Waals surface area contributed by atoms with Crippen LogP contribution in [-0.2, 0) is 14.3 Å². The number of cyclic esters (lactones) is 1. The molecule has 0 N–H and O–H groups in total. The second-order valence-electron chi connectivity index (χ2n) is 8.64. The Morgan fingerprint density at radius 1 is 1.07 bits per heavy atom. The van der Waals surface area contributed by atoms with Crippen LogP contribution in [0.5, 0.6) is 0 Å². The summed E-state index contributed by atoms with van der Waals surface area (Å²) in [5, 5.41) is 0. The lowest BCUT2D eigenvalue weighted by Gasteiger charge is -2.27. The van der Waals surface area contributed by atoms with Gasteiger partial charge in [0.15, 0.2) is 6.23 Å². The van der Waals surface area contributed by atoms with Crippen LogP contribution in [0.3, 0.4) is 0 Å². The molecule has 28 heavy (non-hydrogen) atoms. The first kappa shape index (κ1) is 18.5. The van der Waals surface area contributed by atoms with Crippen molar-refractivity contribution in [2.75, 3.05) is 13.2 Å². The van der Waals surface area contributed by atoms with Crippen molar-refractivity contribution in [3.63, 3.8) is 0 Å². The predicted octanol–water partition coefficient (Wildman–Crippen LogP) is 4.56. The fourth-order valence-electron chi connectivity index (χ4n) is 4.03. The molecule has 146 valence electrons. The predicted molar refractivity (Wildman–Crippen MR) is 106 cm³/mol. The normalized spacial score (nSPS) is 18.6. The number of ether oxygens (including phenoxy) is 2. The molecule has 1 heterocycles. The molecule has 1 amide bonds. The van der Waals surface area contributed by atoms with Gasteiger partial charge in [-0.3, -0.25) is 9.69 Å². The molecule has 2 aliphatic rings. The number of rotatable bonds is 3. The van der Waals surface area contributed by atoms with E-state index in [-0.39, 0.29) is 30.5 Å². The van der Waals surface area contributed by atoms with Gasteiger partial charge in [-0.2, -0.15) is 0 Å². The second kappa shape index (κ2) is 6.97. The Bertz CT molecular complexity index is 869. The third-order valence-corrected chi connectivity index (χ3v) is 5.27. The molecule has 0 spiro atoms. The Morgan fingerprint density at radius 3 is 2.21 bits per heavy atom. The first-order valence-corrected chi connectivity index (χ1v) is 9.64. The highest BCUT2D eigenvalue weighted by atomic mass is 16.6. The fourth-order valence-corrected chi connectivity index (χ4v) is 4.03. The summed E-state index contributed by atoms with van der Waals surface area (Å²) in [7, 11) is 0. The van der Waals surface area contributed by atoms with Crippen LogP contribution in [0.2, 0.25) is 0 Å². The van der Waals surface area contributed by atoms with Crippen LogP contribution >= 0.6 is 0 Å². The molecular formula is C23H25NO4. The van der Waals surface area contributed by atoms with E-state index in [0.717, 1.165) is 11.1 Å². The highest BCUT2D eigenvalue weighted by molar-refractivity contribution is 5.82. The van der Waals surface area contributed by atoms with E-state index in [9.17, 15) is 9.59 Å². The molecule has 5 heteroatoms. The zero-order valence-electron chi connectivity index (χ0n) is 16.5. The monoisotopic (exact) mass is 379 g/mol. The lowest BCUT2D eigenvalue weighted by atomic mass is 9.91. The number of carbonyl (C=O) groups excluding carboxylic acids is 2. The zero-order chi connectivity index (χ0) is 19.9. The summed E-state index contributed by atoms with van der Waals surface area (Å²) in [6, 6.07) is 16.4. The molecule has 0 bridgehead atoms. The smallest absolute Gasteiger partial charge is 0.413 e. The summed E-state index contributed by atoms with van der Waals surface area (Å²) < 4.78 is 11.0. The summed E-state index contributed by atoms with van der Waals surface area (Å²) in [5.41, 5.74) is 4.62. The van der Waals surface area contributed by atoms with Crippen LogP contribution in [0, 0.1) is 5.41 Å². The van der Waals surface area contributed by atoms with Crippen molar-refractivity contribution in [1.29, 1.82) is 0 Å². The highest BCUT2D eigenvalue weighted by Gasteiger charge is 2.39. The first-order chi connectivity index (χ1) is 13.3. The van der Waals surface area contributed by atoms with Crippen molar-refractivity contribution in [2.24, 2.45) is 5.41 Å². The SMILES string of the molecule is CC(C)(C)CC1OC(=O)CN1C(=O)OCC1c2ccccc2-c2ccccc21. The Hall–Kier alpha value is -2.82. The summed E-state index contributed by atoms with van der Waals surface area (Å²) in [6.45, 7) is 6.33. The maximum Gasteiger partial charge on any atom is 0.413 e. The van der Waals surface area contributed by atoms with Crippen LogP contribution in [0.15, 0.2) is 48.5 Å². The second-order valence-corrected chi connectivity index (χ2v) is 8.64. The largest absolute Gasteiger partial charge is 0.448 e. The molecule has 0 radical (unpaired) electrons. The number of hydrogen-bond donors (Lipinski definition) is 0. The minimum absolute atomic E-state index is 0.00311. The van der Waals surface area contributed by atoms with Crippen LogP contribution in [0.4, 0.5) is 4.79 Å². The molecule has 1 saturated heterocycles. The van der Waals surface area contributed by atoms with E-state index in [2.05, 4.69) is 45.0 Å². The van der Waals surface area contributed by atoms with Gasteiger partial charge >= 0.3 is 12.1 Å². The summed E-state index contributed by atoms with van der Waals surface area (Å²) in [6.07, 6.45) is -0.492. The Morgan fingerprint density at radius 2 is 1.64 bits per heavy atom. The quantitative estimate of drug-likeness (QED) is 0.734.